The van der Waals surface area contributed by atoms with Gasteiger partial charge in [-0.1, -0.05) is 30.3 Å². The first-order chi connectivity index (χ1) is 14.3. The zero-order valence-electron chi connectivity index (χ0n) is 15.7. The average Bonchev–Trinajstić information content (AvgIpc) is 3.17. The van der Waals surface area contributed by atoms with Gasteiger partial charge in [-0.15, -0.1) is 0 Å². The lowest BCUT2D eigenvalue weighted by atomic mass is 10.0. The smallest absolute Gasteiger partial charge is 0.292 e. The van der Waals surface area contributed by atoms with Crippen LogP contribution in [-0.2, 0) is 19.0 Å². The highest BCUT2D eigenvalue weighted by Gasteiger charge is 2.33. The van der Waals surface area contributed by atoms with Gasteiger partial charge in [0.2, 0.25) is 0 Å². The van der Waals surface area contributed by atoms with Gasteiger partial charge in [0.1, 0.15) is 11.6 Å². The second-order valence-electron chi connectivity index (χ2n) is 6.79. The van der Waals surface area contributed by atoms with Crippen LogP contribution in [0.5, 0.6) is 0 Å². The molecule has 1 aliphatic heterocycles. The molecule has 0 N–H and O–H groups in total. The van der Waals surface area contributed by atoms with Gasteiger partial charge in [-0.05, 0) is 24.3 Å². The second-order valence-corrected chi connectivity index (χ2v) is 7.17. The summed E-state index contributed by atoms with van der Waals surface area (Å²) in [7, 11) is 0. The molecule has 0 unspecified atom stereocenters. The highest BCUT2D eigenvalue weighted by Crippen LogP contribution is 2.36. The lowest BCUT2D eigenvalue weighted by molar-refractivity contribution is 0.0524. The number of allylic oxidation sites excluding steroid dienone is 1. The number of pyridine rings is 1. The maximum atomic E-state index is 14.0. The summed E-state index contributed by atoms with van der Waals surface area (Å²) in [6.07, 6.45) is 3.23. The zero-order chi connectivity index (χ0) is 21.5. The monoisotopic (exact) mass is 432 g/mol. The summed E-state index contributed by atoms with van der Waals surface area (Å²) < 4.78 is 43.1. The van der Waals surface area contributed by atoms with Crippen molar-refractivity contribution in [1.29, 1.82) is 0 Å². The molecule has 9 heteroatoms. The van der Waals surface area contributed by atoms with E-state index >= 15 is 0 Å². The van der Waals surface area contributed by atoms with Crippen LogP contribution in [0.1, 0.15) is 21.7 Å². The number of fused-ring (bicyclic) bond motifs is 1. The van der Waals surface area contributed by atoms with Gasteiger partial charge in [-0.3, -0.25) is 9.78 Å². The van der Waals surface area contributed by atoms with Crippen molar-refractivity contribution in [2.75, 3.05) is 6.54 Å². The molecule has 1 amide bonds. The number of benzene rings is 1. The summed E-state index contributed by atoms with van der Waals surface area (Å²) in [6, 6.07) is 6.83. The Hall–Kier alpha value is -3.13. The minimum Gasteiger partial charge on any atom is -0.329 e. The number of carbonyl (C=O) groups excluding carboxylic acids is 1. The number of amides is 1. The Balaban J connectivity index is 1.60. The Morgan fingerprint density at radius 3 is 2.67 bits per heavy atom. The molecule has 1 aromatic carbocycles. The Morgan fingerprint density at radius 1 is 1.17 bits per heavy atom. The normalized spacial score (nSPS) is 13.8. The number of nitrogens with zero attached hydrogens (tertiary/aromatic N) is 4. The number of rotatable bonds is 4. The van der Waals surface area contributed by atoms with Crippen LogP contribution >= 0.6 is 11.6 Å². The summed E-state index contributed by atoms with van der Waals surface area (Å²) in [5.74, 6) is -3.63. The molecule has 3 heterocycles. The minimum absolute atomic E-state index is 0.00359. The predicted molar refractivity (Wildman–Crippen MR) is 106 cm³/mol. The van der Waals surface area contributed by atoms with Crippen molar-refractivity contribution in [3.8, 4) is 11.4 Å². The van der Waals surface area contributed by atoms with Gasteiger partial charge < -0.3 is 9.47 Å². The minimum atomic E-state index is -3.34. The number of hydrogen-bond donors (Lipinski definition) is 0. The van der Waals surface area contributed by atoms with Gasteiger partial charge >= 0.3 is 0 Å². The van der Waals surface area contributed by atoms with Gasteiger partial charge in [-0.25, -0.2) is 9.37 Å². The first-order valence-corrected chi connectivity index (χ1v) is 9.45. The zero-order valence-corrected chi connectivity index (χ0v) is 16.4. The fourth-order valence-corrected chi connectivity index (χ4v) is 3.73. The van der Waals surface area contributed by atoms with E-state index in [2.05, 4.69) is 16.5 Å². The molecule has 30 heavy (non-hydrogen) atoms. The second kappa shape index (κ2) is 7.60. The van der Waals surface area contributed by atoms with Crippen LogP contribution in [-0.4, -0.2) is 31.9 Å². The molecular formula is C21H16ClF3N4O. The van der Waals surface area contributed by atoms with E-state index < -0.39 is 23.2 Å². The summed E-state index contributed by atoms with van der Waals surface area (Å²) in [6.45, 7) is 4.06. The molecule has 0 saturated heterocycles. The Kier molecular flexibility index (Phi) is 5.11. The van der Waals surface area contributed by atoms with Gasteiger partial charge in [0.05, 0.1) is 40.9 Å². The Morgan fingerprint density at radius 2 is 1.97 bits per heavy atom. The molecule has 0 fully saturated rings. The largest absolute Gasteiger partial charge is 0.329 e. The van der Waals surface area contributed by atoms with Crippen molar-refractivity contribution >= 4 is 17.5 Å². The van der Waals surface area contributed by atoms with Crippen molar-refractivity contribution in [2.45, 2.75) is 19.0 Å². The van der Waals surface area contributed by atoms with Crippen molar-refractivity contribution in [1.82, 2.24) is 19.4 Å². The number of alkyl halides is 2. The van der Waals surface area contributed by atoms with E-state index in [1.165, 1.54) is 29.2 Å². The molecule has 4 rings (SSSR count). The summed E-state index contributed by atoms with van der Waals surface area (Å²) in [5.41, 5.74) is 0.810. The standard InChI is InChI=1S/C21H16ClF3N4O/c1-2-21(24,25)15-5-3-4-14(19(15)22)20(30)28-8-9-29-17(11-27-18(29)12-28)16-7-6-13(23)10-26-16/h2-7,10-11H,1,8-9,12H2. The fourth-order valence-electron chi connectivity index (χ4n) is 3.40. The molecule has 1 aliphatic rings. The first kappa shape index (κ1) is 20.2. The molecule has 0 atom stereocenters. The van der Waals surface area contributed by atoms with Gasteiger partial charge in [0, 0.05) is 18.7 Å². The van der Waals surface area contributed by atoms with Gasteiger partial charge in [0.25, 0.3) is 11.8 Å². The molecular weight excluding hydrogens is 417 g/mol. The lowest BCUT2D eigenvalue weighted by Crippen LogP contribution is -2.38. The fraction of sp³-hybridized carbons (Fsp3) is 0.190. The van der Waals surface area contributed by atoms with Crippen LogP contribution in [0.4, 0.5) is 13.2 Å². The van der Waals surface area contributed by atoms with Crippen molar-refractivity contribution < 1.29 is 18.0 Å². The van der Waals surface area contributed by atoms with E-state index in [0.29, 0.717) is 36.4 Å². The predicted octanol–water partition coefficient (Wildman–Crippen LogP) is 4.67. The van der Waals surface area contributed by atoms with E-state index in [0.717, 1.165) is 6.20 Å². The van der Waals surface area contributed by atoms with Crippen LogP contribution in [0.15, 0.2) is 55.4 Å². The number of imidazole rings is 1. The Labute approximate surface area is 175 Å². The summed E-state index contributed by atoms with van der Waals surface area (Å²) >= 11 is 6.15. The molecule has 0 spiro atoms. The van der Waals surface area contributed by atoms with Crippen molar-refractivity contribution in [2.24, 2.45) is 0 Å². The molecule has 3 aromatic rings. The van der Waals surface area contributed by atoms with Gasteiger partial charge in [0.15, 0.2) is 0 Å². The quantitative estimate of drug-likeness (QED) is 0.563. The Bertz CT molecular complexity index is 1130. The molecule has 0 aliphatic carbocycles. The maximum Gasteiger partial charge on any atom is 0.292 e. The van der Waals surface area contributed by atoms with Crippen LogP contribution < -0.4 is 0 Å². The number of aromatic nitrogens is 3. The van der Waals surface area contributed by atoms with E-state index in [-0.39, 0.29) is 17.1 Å². The SMILES string of the molecule is C=CC(F)(F)c1cccc(C(=O)N2CCn3c(-c4ccc(F)cn4)cnc3C2)c1Cl. The third-order valence-corrected chi connectivity index (χ3v) is 5.39. The molecule has 154 valence electrons. The van der Waals surface area contributed by atoms with Crippen molar-refractivity contribution in [3.05, 3.63) is 83.2 Å². The van der Waals surface area contributed by atoms with E-state index in [4.69, 9.17) is 11.6 Å². The van der Waals surface area contributed by atoms with Gasteiger partial charge in [-0.2, -0.15) is 8.78 Å². The lowest BCUT2D eigenvalue weighted by Gasteiger charge is -2.29. The highest BCUT2D eigenvalue weighted by molar-refractivity contribution is 6.34. The van der Waals surface area contributed by atoms with Crippen molar-refractivity contribution in [3.63, 3.8) is 0 Å². The first-order valence-electron chi connectivity index (χ1n) is 9.08. The number of hydrogen-bond acceptors (Lipinski definition) is 3. The molecule has 0 saturated carbocycles. The van der Waals surface area contributed by atoms with Crippen LogP contribution in [0, 0.1) is 5.82 Å². The van der Waals surface area contributed by atoms with Crippen LogP contribution in [0.3, 0.4) is 0 Å². The third kappa shape index (κ3) is 3.47. The van der Waals surface area contributed by atoms with Crippen LogP contribution in [0.2, 0.25) is 5.02 Å². The number of carbonyl (C=O) groups is 1. The number of halogens is 4. The molecule has 2 aromatic heterocycles. The summed E-state index contributed by atoms with van der Waals surface area (Å²) in [5, 5.41) is -0.294. The van der Waals surface area contributed by atoms with E-state index in [9.17, 15) is 18.0 Å². The third-order valence-electron chi connectivity index (χ3n) is 4.99. The topological polar surface area (TPSA) is 51.0 Å². The average molecular weight is 433 g/mol. The molecule has 5 nitrogen and oxygen atoms in total. The maximum absolute atomic E-state index is 14.0. The summed E-state index contributed by atoms with van der Waals surface area (Å²) in [4.78, 5) is 22.9. The van der Waals surface area contributed by atoms with Crippen LogP contribution in [0.25, 0.3) is 11.4 Å². The highest BCUT2D eigenvalue weighted by atomic mass is 35.5. The molecule has 0 radical (unpaired) electrons. The van der Waals surface area contributed by atoms with E-state index in [1.54, 1.807) is 12.3 Å². The van der Waals surface area contributed by atoms with E-state index in [1.807, 2.05) is 4.57 Å². The molecule has 0 bridgehead atoms.